The average molecular weight is 535 g/mol. The number of aromatic amines is 1. The Morgan fingerprint density at radius 1 is 1.21 bits per heavy atom. The van der Waals surface area contributed by atoms with Crippen LogP contribution >= 0.6 is 0 Å². The smallest absolute Gasteiger partial charge is 0.379 e. The highest BCUT2D eigenvalue weighted by atomic mass is 19.4. The van der Waals surface area contributed by atoms with Gasteiger partial charge in [0.25, 0.3) is 0 Å². The molecule has 0 aromatic carbocycles. The van der Waals surface area contributed by atoms with Crippen LogP contribution in [0.15, 0.2) is 36.9 Å². The van der Waals surface area contributed by atoms with E-state index in [-0.39, 0.29) is 5.92 Å². The number of carbonyl (C=O) groups excluding carboxylic acids is 1. The molecular weight excluding hydrogens is 501 g/mol. The van der Waals surface area contributed by atoms with Gasteiger partial charge in [-0.3, -0.25) is 14.7 Å². The third kappa shape index (κ3) is 7.65. The zero-order valence-electron chi connectivity index (χ0n) is 21.5. The van der Waals surface area contributed by atoms with E-state index in [4.69, 9.17) is 9.47 Å². The second-order valence-electron chi connectivity index (χ2n) is 9.61. The van der Waals surface area contributed by atoms with Gasteiger partial charge in [-0.25, -0.2) is 4.98 Å². The first-order chi connectivity index (χ1) is 18.2. The first-order valence-electron chi connectivity index (χ1n) is 12.6. The number of pyridine rings is 2. The summed E-state index contributed by atoms with van der Waals surface area (Å²) in [7, 11) is 0. The fourth-order valence-corrected chi connectivity index (χ4v) is 4.25. The number of hydrogen-bond acceptors (Lipinski definition) is 7. The Morgan fingerprint density at radius 3 is 2.74 bits per heavy atom. The number of hydrogen-bond donors (Lipinski definition) is 3. The standard InChI is InChI=1S/C26H33F3N6O3/c1-17(2)23(25(36)33-16-26(27,28)29)34-20-10-19(12-30-13-20)22-14-32-24-21(22)9-18(11-31-24)15-38-8-5-35-3-6-37-7-4-35/h9-14,17,23,34H,3-8,15-16H2,1-2H3,(H,31,32)(H,33,36)/t23-/m1/s1. The van der Waals surface area contributed by atoms with Crippen molar-refractivity contribution in [2.75, 3.05) is 51.3 Å². The maximum atomic E-state index is 12.6. The molecule has 0 radical (unpaired) electrons. The van der Waals surface area contributed by atoms with E-state index in [1.54, 1.807) is 26.2 Å². The average Bonchev–Trinajstić information content (AvgIpc) is 3.32. The molecular formula is C26H33F3N6O3. The fraction of sp³-hybridized carbons (Fsp3) is 0.500. The zero-order chi connectivity index (χ0) is 27.1. The molecule has 3 N–H and O–H groups in total. The van der Waals surface area contributed by atoms with E-state index >= 15 is 0 Å². The first kappa shape index (κ1) is 27.8. The minimum Gasteiger partial charge on any atom is -0.379 e. The molecule has 1 aliphatic heterocycles. The van der Waals surface area contributed by atoms with Crippen molar-refractivity contribution >= 4 is 22.6 Å². The Balaban J connectivity index is 1.43. The number of nitrogens with one attached hydrogen (secondary N) is 3. The van der Waals surface area contributed by atoms with Crippen LogP contribution in [0.4, 0.5) is 18.9 Å². The van der Waals surface area contributed by atoms with Gasteiger partial charge < -0.3 is 25.1 Å². The monoisotopic (exact) mass is 534 g/mol. The SMILES string of the molecule is CC(C)[C@@H](Nc1cncc(-c2c[nH]c3ncc(COCCN4CCOCC4)cc23)c1)C(=O)NCC(F)(F)F. The van der Waals surface area contributed by atoms with Gasteiger partial charge in [-0.15, -0.1) is 0 Å². The number of carbonyl (C=O) groups is 1. The van der Waals surface area contributed by atoms with E-state index in [2.05, 4.69) is 25.2 Å². The molecule has 1 saturated heterocycles. The lowest BCUT2D eigenvalue weighted by Gasteiger charge is -2.26. The van der Waals surface area contributed by atoms with Crippen LogP contribution in [0.2, 0.25) is 0 Å². The van der Waals surface area contributed by atoms with Crippen molar-refractivity contribution < 1.29 is 27.4 Å². The van der Waals surface area contributed by atoms with Crippen LogP contribution in [-0.4, -0.2) is 84.0 Å². The highest BCUT2D eigenvalue weighted by Gasteiger charge is 2.30. The van der Waals surface area contributed by atoms with Gasteiger partial charge in [-0.05, 0) is 23.6 Å². The number of nitrogens with zero attached hydrogens (tertiary/aromatic N) is 3. The van der Waals surface area contributed by atoms with Crippen molar-refractivity contribution in [1.82, 2.24) is 25.2 Å². The minimum absolute atomic E-state index is 0.255. The summed E-state index contributed by atoms with van der Waals surface area (Å²) in [5.74, 6) is -0.979. The Hall–Kier alpha value is -3.22. The highest BCUT2D eigenvalue weighted by Crippen LogP contribution is 2.30. The third-order valence-corrected chi connectivity index (χ3v) is 6.30. The molecule has 1 amide bonds. The summed E-state index contributed by atoms with van der Waals surface area (Å²) in [5.41, 5.74) is 3.80. The Morgan fingerprint density at radius 2 is 2.00 bits per heavy atom. The molecule has 9 nitrogen and oxygen atoms in total. The zero-order valence-corrected chi connectivity index (χ0v) is 21.5. The molecule has 1 aliphatic rings. The topological polar surface area (TPSA) is 104 Å². The van der Waals surface area contributed by atoms with Crippen LogP contribution in [0.3, 0.4) is 0 Å². The third-order valence-electron chi connectivity index (χ3n) is 6.30. The maximum Gasteiger partial charge on any atom is 0.405 e. The lowest BCUT2D eigenvalue weighted by molar-refractivity contribution is -0.139. The van der Waals surface area contributed by atoms with Gasteiger partial charge in [0.05, 0.1) is 32.1 Å². The summed E-state index contributed by atoms with van der Waals surface area (Å²) >= 11 is 0. The van der Waals surface area contributed by atoms with Crippen LogP contribution < -0.4 is 10.6 Å². The quantitative estimate of drug-likeness (QED) is 0.323. The maximum absolute atomic E-state index is 12.6. The van der Waals surface area contributed by atoms with E-state index in [1.165, 1.54) is 6.20 Å². The van der Waals surface area contributed by atoms with Gasteiger partial charge >= 0.3 is 6.18 Å². The Kier molecular flexibility index (Phi) is 9.18. The van der Waals surface area contributed by atoms with Crippen molar-refractivity contribution in [2.45, 2.75) is 32.7 Å². The number of fused-ring (bicyclic) bond motifs is 1. The van der Waals surface area contributed by atoms with Crippen LogP contribution in [0.1, 0.15) is 19.4 Å². The number of aromatic nitrogens is 3. The van der Waals surface area contributed by atoms with E-state index in [0.29, 0.717) is 24.5 Å². The molecule has 1 atom stereocenters. The number of halogens is 3. The number of H-pyrrole nitrogens is 1. The van der Waals surface area contributed by atoms with Gasteiger partial charge in [0, 0.05) is 60.9 Å². The largest absolute Gasteiger partial charge is 0.405 e. The molecule has 3 aromatic heterocycles. The molecule has 4 heterocycles. The summed E-state index contributed by atoms with van der Waals surface area (Å²) < 4.78 is 49.0. The van der Waals surface area contributed by atoms with Crippen molar-refractivity contribution in [3.05, 3.63) is 42.5 Å². The molecule has 12 heteroatoms. The number of amides is 1. The van der Waals surface area contributed by atoms with Crippen LogP contribution in [0.25, 0.3) is 22.2 Å². The predicted octanol–water partition coefficient (Wildman–Crippen LogP) is 3.59. The van der Waals surface area contributed by atoms with E-state index in [1.807, 2.05) is 23.6 Å². The van der Waals surface area contributed by atoms with Crippen LogP contribution in [0, 0.1) is 5.92 Å². The van der Waals surface area contributed by atoms with E-state index < -0.39 is 24.7 Å². The van der Waals surface area contributed by atoms with Crippen LogP contribution in [0.5, 0.6) is 0 Å². The Labute approximate surface area is 219 Å². The molecule has 206 valence electrons. The summed E-state index contributed by atoms with van der Waals surface area (Å²) in [4.78, 5) is 26.7. The lowest BCUT2D eigenvalue weighted by atomic mass is 10.0. The van der Waals surface area contributed by atoms with E-state index in [0.717, 1.165) is 54.9 Å². The van der Waals surface area contributed by atoms with Crippen molar-refractivity contribution in [3.63, 3.8) is 0 Å². The number of rotatable bonds is 11. The van der Waals surface area contributed by atoms with Crippen molar-refractivity contribution in [2.24, 2.45) is 5.92 Å². The molecule has 0 bridgehead atoms. The van der Waals surface area contributed by atoms with E-state index in [9.17, 15) is 18.0 Å². The van der Waals surface area contributed by atoms with Gasteiger partial charge in [0.2, 0.25) is 5.91 Å². The number of anilines is 1. The normalized spacial score (nSPS) is 15.6. The Bertz CT molecular complexity index is 1210. The second kappa shape index (κ2) is 12.5. The number of alkyl halides is 3. The minimum atomic E-state index is -4.48. The molecule has 0 aliphatic carbocycles. The lowest BCUT2D eigenvalue weighted by Crippen LogP contribution is -2.46. The fourth-order valence-electron chi connectivity index (χ4n) is 4.25. The predicted molar refractivity (Wildman–Crippen MR) is 138 cm³/mol. The second-order valence-corrected chi connectivity index (χ2v) is 9.61. The van der Waals surface area contributed by atoms with Crippen molar-refractivity contribution in [3.8, 4) is 11.1 Å². The van der Waals surface area contributed by atoms with Gasteiger partial charge in [0.1, 0.15) is 18.2 Å². The van der Waals surface area contributed by atoms with Gasteiger partial charge in [0.15, 0.2) is 0 Å². The highest BCUT2D eigenvalue weighted by molar-refractivity contribution is 5.94. The summed E-state index contributed by atoms with van der Waals surface area (Å²) in [6.07, 6.45) is 2.36. The summed E-state index contributed by atoms with van der Waals surface area (Å²) in [6, 6.07) is 2.97. The molecule has 38 heavy (non-hydrogen) atoms. The number of morpholine rings is 1. The summed E-state index contributed by atoms with van der Waals surface area (Å²) in [6.45, 7) is 7.39. The van der Waals surface area contributed by atoms with Gasteiger partial charge in [-0.2, -0.15) is 13.2 Å². The number of ether oxygens (including phenoxy) is 2. The first-order valence-corrected chi connectivity index (χ1v) is 12.6. The molecule has 0 saturated carbocycles. The molecule has 3 aromatic rings. The summed E-state index contributed by atoms with van der Waals surface area (Å²) in [5, 5.41) is 5.88. The molecule has 4 rings (SSSR count). The van der Waals surface area contributed by atoms with Crippen LogP contribution in [-0.2, 0) is 20.9 Å². The van der Waals surface area contributed by atoms with Gasteiger partial charge in [-0.1, -0.05) is 13.8 Å². The van der Waals surface area contributed by atoms with Crippen molar-refractivity contribution in [1.29, 1.82) is 0 Å². The molecule has 0 unspecified atom stereocenters. The molecule has 1 fully saturated rings. The molecule has 0 spiro atoms.